The van der Waals surface area contributed by atoms with Gasteiger partial charge in [0.25, 0.3) is 0 Å². The zero-order valence-electron chi connectivity index (χ0n) is 16.2. The lowest BCUT2D eigenvalue weighted by Crippen LogP contribution is -2.59. The van der Waals surface area contributed by atoms with Gasteiger partial charge in [0.2, 0.25) is 6.41 Å². The van der Waals surface area contributed by atoms with Crippen LogP contribution in [0.5, 0.6) is 0 Å². The molecule has 0 radical (unpaired) electrons. The Kier molecular flexibility index (Phi) is 8.06. The largest absolute Gasteiger partial charge is 0.444 e. The van der Waals surface area contributed by atoms with Gasteiger partial charge in [0.15, 0.2) is 16.2 Å². The molecule has 0 spiro atoms. The van der Waals surface area contributed by atoms with E-state index in [-0.39, 0.29) is 42.0 Å². The van der Waals surface area contributed by atoms with Crippen LogP contribution in [-0.4, -0.2) is 73.0 Å². The molecule has 1 saturated heterocycles. The van der Waals surface area contributed by atoms with Gasteiger partial charge in [-0.3, -0.25) is 9.69 Å². The predicted molar refractivity (Wildman–Crippen MR) is 109 cm³/mol. The Morgan fingerprint density at radius 2 is 1.93 bits per heavy atom. The highest BCUT2D eigenvalue weighted by molar-refractivity contribution is 7.73. The number of ether oxygens (including phenoxy) is 1. The number of anilines is 1. The third-order valence-electron chi connectivity index (χ3n) is 3.93. The van der Waals surface area contributed by atoms with Gasteiger partial charge < -0.3 is 9.64 Å². The second kappa shape index (κ2) is 9.90. The number of piperazine rings is 1. The van der Waals surface area contributed by atoms with Crippen LogP contribution in [0.1, 0.15) is 20.8 Å². The van der Waals surface area contributed by atoms with E-state index >= 15 is 0 Å². The van der Waals surface area contributed by atoms with Crippen molar-refractivity contribution in [3.05, 3.63) is 22.4 Å². The first kappa shape index (κ1) is 23.6. The Morgan fingerprint density at radius 3 is 2.41 bits per heavy atom. The van der Waals surface area contributed by atoms with Crippen molar-refractivity contribution in [2.24, 2.45) is 0 Å². The number of nitrogens with zero attached hydrogens (tertiary/aromatic N) is 4. The number of amides is 2. The summed E-state index contributed by atoms with van der Waals surface area (Å²) in [7, 11) is -2.99. The van der Waals surface area contributed by atoms with Crippen molar-refractivity contribution < 1.29 is 22.7 Å². The summed E-state index contributed by atoms with van der Waals surface area (Å²) in [5, 5.41) is 1.19. The van der Waals surface area contributed by atoms with Gasteiger partial charge in [-0.05, 0) is 26.8 Å². The van der Waals surface area contributed by atoms with Gasteiger partial charge in [-0.1, -0.05) is 23.2 Å². The highest BCUT2D eigenvalue weighted by atomic mass is 35.5. The molecule has 1 aliphatic heterocycles. The molecule has 0 aromatic carbocycles. The summed E-state index contributed by atoms with van der Waals surface area (Å²) in [4.78, 5) is 30.6. The summed E-state index contributed by atoms with van der Waals surface area (Å²) in [5.41, 5.74) is 0.968. The minimum absolute atomic E-state index is 0.124. The Morgan fingerprint density at radius 1 is 1.31 bits per heavy atom. The second-order valence-electron chi connectivity index (χ2n) is 7.23. The van der Waals surface area contributed by atoms with Gasteiger partial charge in [-0.2, -0.15) is 5.43 Å². The molecule has 29 heavy (non-hydrogen) atoms. The Labute approximate surface area is 180 Å². The molecule has 0 aliphatic carbocycles. The third-order valence-corrected chi connectivity index (χ3v) is 5.28. The predicted octanol–water partition coefficient (Wildman–Crippen LogP) is 1.30. The number of hydrogen-bond acceptors (Lipinski definition) is 8. The van der Waals surface area contributed by atoms with Crippen LogP contribution in [0.2, 0.25) is 10.2 Å². The number of pyridine rings is 1. The number of thiol groups is 1. The number of halogens is 2. The van der Waals surface area contributed by atoms with Crippen LogP contribution in [0.25, 0.3) is 0 Å². The highest BCUT2D eigenvalue weighted by Gasteiger charge is 2.31. The Balaban J connectivity index is 2.07. The Hall–Kier alpha value is -1.66. The summed E-state index contributed by atoms with van der Waals surface area (Å²) < 4.78 is 29.0. The van der Waals surface area contributed by atoms with E-state index in [1.54, 1.807) is 25.7 Å². The number of carbonyl (C=O) groups excluding carboxylic acids is 2. The highest BCUT2D eigenvalue weighted by Crippen LogP contribution is 2.25. The molecular formula is C16H23Cl2N5O5S. The van der Waals surface area contributed by atoms with E-state index in [0.717, 1.165) is 5.01 Å². The summed E-state index contributed by atoms with van der Waals surface area (Å²) >= 11 is 11.8. The van der Waals surface area contributed by atoms with Gasteiger partial charge in [0.05, 0.1) is 16.9 Å². The van der Waals surface area contributed by atoms with Crippen LogP contribution in [0.4, 0.5) is 10.5 Å². The molecule has 1 unspecified atom stereocenters. The van der Waals surface area contributed by atoms with Crippen LogP contribution >= 0.6 is 23.2 Å². The molecule has 162 valence electrons. The third kappa shape index (κ3) is 6.68. The maximum Gasteiger partial charge on any atom is 0.410 e. The van der Waals surface area contributed by atoms with E-state index in [1.807, 2.05) is 0 Å². The number of nitrogens with one attached hydrogen (secondary N) is 1. The quantitative estimate of drug-likeness (QED) is 0.278. The number of hydrogen-bond donors (Lipinski definition) is 2. The minimum atomic E-state index is -2.99. The van der Waals surface area contributed by atoms with E-state index < -0.39 is 27.9 Å². The molecule has 1 aromatic heterocycles. The molecule has 2 rings (SSSR count). The first-order valence-corrected chi connectivity index (χ1v) is 10.7. The standard InChI is InChI=1S/C16H23Cl2N5O5S/c1-16(2,3)28-15(25)22-6-4-21(5-7-22)14(29(26)27)20-23(10-24)12-9-19-13(18)8-11(12)17/h8-10,14,20,29H,4-7H2,1-3H3. The van der Waals surface area contributed by atoms with Crippen molar-refractivity contribution in [3.8, 4) is 0 Å². The minimum Gasteiger partial charge on any atom is -0.444 e. The average Bonchev–Trinajstić information content (AvgIpc) is 2.62. The molecule has 0 bridgehead atoms. The van der Waals surface area contributed by atoms with E-state index in [0.29, 0.717) is 6.41 Å². The van der Waals surface area contributed by atoms with Crippen LogP contribution in [0.3, 0.4) is 0 Å². The van der Waals surface area contributed by atoms with Crippen molar-refractivity contribution >= 4 is 52.1 Å². The number of aromatic nitrogens is 1. The van der Waals surface area contributed by atoms with Crippen molar-refractivity contribution in [3.63, 3.8) is 0 Å². The summed E-state index contributed by atoms with van der Waals surface area (Å²) in [6.45, 7) is 6.40. The molecule has 0 saturated carbocycles. The van der Waals surface area contributed by atoms with Crippen LogP contribution < -0.4 is 10.4 Å². The topological polar surface area (TPSA) is 112 Å². The lowest BCUT2D eigenvalue weighted by molar-refractivity contribution is -0.108. The van der Waals surface area contributed by atoms with Gasteiger partial charge in [-0.25, -0.2) is 23.2 Å². The zero-order valence-corrected chi connectivity index (χ0v) is 18.6. The monoisotopic (exact) mass is 467 g/mol. The summed E-state index contributed by atoms with van der Waals surface area (Å²) in [5.74, 6) is 0. The van der Waals surface area contributed by atoms with Gasteiger partial charge >= 0.3 is 6.09 Å². The molecule has 2 heterocycles. The Bertz CT molecular complexity index is 816. The molecule has 1 atom stereocenters. The van der Waals surface area contributed by atoms with Crippen LogP contribution in [0.15, 0.2) is 12.3 Å². The van der Waals surface area contributed by atoms with Gasteiger partial charge in [0, 0.05) is 26.2 Å². The fourth-order valence-corrected chi connectivity index (χ4v) is 3.77. The van der Waals surface area contributed by atoms with Crippen molar-refractivity contribution in [1.29, 1.82) is 0 Å². The molecule has 13 heteroatoms. The molecule has 10 nitrogen and oxygen atoms in total. The van der Waals surface area contributed by atoms with E-state index in [9.17, 15) is 18.0 Å². The molecule has 2 amide bonds. The summed E-state index contributed by atoms with van der Waals surface area (Å²) in [6.07, 6.45) is 1.18. The van der Waals surface area contributed by atoms with Gasteiger partial charge in [0.1, 0.15) is 10.8 Å². The SMILES string of the molecule is CC(C)(C)OC(=O)N1CCN(C(NN(C=O)c2cnc(Cl)cc2Cl)[SH](=O)=O)CC1. The first-order valence-electron chi connectivity index (χ1n) is 8.69. The molecule has 1 N–H and O–H groups in total. The number of rotatable bonds is 6. The zero-order chi connectivity index (χ0) is 21.8. The lowest BCUT2D eigenvalue weighted by Gasteiger charge is -2.38. The first-order chi connectivity index (χ1) is 13.5. The van der Waals surface area contributed by atoms with E-state index in [4.69, 9.17) is 27.9 Å². The van der Waals surface area contributed by atoms with Crippen LogP contribution in [-0.2, 0) is 20.2 Å². The number of carbonyl (C=O) groups is 2. The normalized spacial score (nSPS) is 16.6. The fraction of sp³-hybridized carbons (Fsp3) is 0.562. The second-order valence-corrected chi connectivity index (χ2v) is 9.08. The van der Waals surface area contributed by atoms with E-state index in [1.165, 1.54) is 17.2 Å². The lowest BCUT2D eigenvalue weighted by atomic mass is 10.2. The average molecular weight is 468 g/mol. The maximum atomic E-state index is 12.2. The van der Waals surface area contributed by atoms with E-state index in [2.05, 4.69) is 10.4 Å². The molecule has 1 aromatic rings. The van der Waals surface area contributed by atoms with Crippen molar-refractivity contribution in [2.75, 3.05) is 31.2 Å². The van der Waals surface area contributed by atoms with Crippen LogP contribution in [0, 0.1) is 0 Å². The van der Waals surface area contributed by atoms with Crippen molar-refractivity contribution in [1.82, 2.24) is 20.2 Å². The number of hydrazine groups is 1. The molecule has 1 fully saturated rings. The molecule has 1 aliphatic rings. The van der Waals surface area contributed by atoms with Crippen molar-refractivity contribution in [2.45, 2.75) is 31.9 Å². The molecular weight excluding hydrogens is 445 g/mol. The maximum absolute atomic E-state index is 12.2. The summed E-state index contributed by atoms with van der Waals surface area (Å²) in [6, 6.07) is 1.34. The fourth-order valence-electron chi connectivity index (χ4n) is 2.60. The van der Waals surface area contributed by atoms with Gasteiger partial charge in [-0.15, -0.1) is 0 Å². The smallest absolute Gasteiger partial charge is 0.410 e.